The van der Waals surface area contributed by atoms with Crippen molar-refractivity contribution in [3.05, 3.63) is 70.3 Å². The number of rotatable bonds is 3. The van der Waals surface area contributed by atoms with E-state index in [2.05, 4.69) is 65.0 Å². The van der Waals surface area contributed by atoms with Crippen molar-refractivity contribution < 1.29 is 5.11 Å². The van der Waals surface area contributed by atoms with E-state index < -0.39 is 0 Å². The first-order valence-corrected chi connectivity index (χ1v) is 9.38. The maximum absolute atomic E-state index is 10.5. The molecular formula is C24H30O. The molecule has 1 nitrogen and oxygen atoms in total. The normalized spacial score (nSPS) is 18.7. The summed E-state index contributed by atoms with van der Waals surface area (Å²) >= 11 is 0. The zero-order chi connectivity index (χ0) is 18.2. The first-order valence-electron chi connectivity index (χ1n) is 9.38. The Morgan fingerprint density at radius 3 is 2.12 bits per heavy atom. The maximum Gasteiger partial charge on any atom is 0.123 e. The molecule has 0 radical (unpaired) electrons. The average molecular weight is 335 g/mol. The third kappa shape index (κ3) is 3.51. The van der Waals surface area contributed by atoms with E-state index in [1.165, 1.54) is 29.5 Å². The van der Waals surface area contributed by atoms with Gasteiger partial charge in [0.1, 0.15) is 5.76 Å². The molecule has 25 heavy (non-hydrogen) atoms. The van der Waals surface area contributed by atoms with Crippen LogP contribution in [-0.4, -0.2) is 5.11 Å². The van der Waals surface area contributed by atoms with Gasteiger partial charge in [0.2, 0.25) is 0 Å². The molecule has 0 spiro atoms. The Morgan fingerprint density at radius 2 is 1.52 bits per heavy atom. The number of fused-ring (bicyclic) bond motifs is 1. The van der Waals surface area contributed by atoms with Crippen LogP contribution in [-0.2, 0) is 17.3 Å². The second kappa shape index (κ2) is 6.37. The minimum absolute atomic E-state index is 0.188. The Labute approximate surface area is 152 Å². The summed E-state index contributed by atoms with van der Waals surface area (Å²) in [5, 5.41) is 10.5. The summed E-state index contributed by atoms with van der Waals surface area (Å²) in [6.45, 7) is 11.5. The highest BCUT2D eigenvalue weighted by Gasteiger charge is 2.36. The fourth-order valence-electron chi connectivity index (χ4n) is 3.85. The molecule has 2 aromatic carbocycles. The predicted octanol–water partition coefficient (Wildman–Crippen LogP) is 6.65. The summed E-state index contributed by atoms with van der Waals surface area (Å²) in [6.07, 6.45) is 5.32. The van der Waals surface area contributed by atoms with Crippen molar-refractivity contribution in [1.82, 2.24) is 0 Å². The molecule has 0 unspecified atom stereocenters. The van der Waals surface area contributed by atoms with Crippen LogP contribution in [0.5, 0.6) is 0 Å². The van der Waals surface area contributed by atoms with E-state index in [0.717, 1.165) is 17.5 Å². The van der Waals surface area contributed by atoms with E-state index in [1.54, 1.807) is 0 Å². The van der Waals surface area contributed by atoms with Crippen LogP contribution in [0.3, 0.4) is 0 Å². The third-order valence-electron chi connectivity index (χ3n) is 5.84. The SMILES string of the molecule is CCc1ccc(/C(O)=C/c2ccc3c(c2)C(C)(C)CCC3(C)C)cc1. The fraction of sp³-hybridized carbons (Fsp3) is 0.417. The molecule has 1 N–H and O–H groups in total. The monoisotopic (exact) mass is 334 g/mol. The molecule has 0 aromatic heterocycles. The van der Waals surface area contributed by atoms with Crippen LogP contribution in [0.1, 0.15) is 75.3 Å². The van der Waals surface area contributed by atoms with Gasteiger partial charge in [0.25, 0.3) is 0 Å². The quantitative estimate of drug-likeness (QED) is 0.492. The van der Waals surface area contributed by atoms with Crippen LogP contribution in [0.2, 0.25) is 0 Å². The number of benzene rings is 2. The topological polar surface area (TPSA) is 20.2 Å². The van der Waals surface area contributed by atoms with E-state index in [0.29, 0.717) is 5.76 Å². The summed E-state index contributed by atoms with van der Waals surface area (Å²) in [7, 11) is 0. The molecule has 1 heteroatoms. The lowest BCUT2D eigenvalue weighted by Gasteiger charge is -2.42. The zero-order valence-corrected chi connectivity index (χ0v) is 16.2. The molecule has 2 aromatic rings. The van der Waals surface area contributed by atoms with Crippen molar-refractivity contribution in [2.45, 2.75) is 64.7 Å². The van der Waals surface area contributed by atoms with Gasteiger partial charge in [-0.3, -0.25) is 0 Å². The van der Waals surface area contributed by atoms with Gasteiger partial charge in [-0.2, -0.15) is 0 Å². The van der Waals surface area contributed by atoms with E-state index in [-0.39, 0.29) is 10.8 Å². The first kappa shape index (κ1) is 17.8. The lowest BCUT2D eigenvalue weighted by Crippen LogP contribution is -2.33. The van der Waals surface area contributed by atoms with Crippen LogP contribution < -0.4 is 0 Å². The van der Waals surface area contributed by atoms with Gasteiger partial charge in [0, 0.05) is 5.56 Å². The van der Waals surface area contributed by atoms with Crippen LogP contribution in [0, 0.1) is 0 Å². The molecule has 0 heterocycles. The third-order valence-corrected chi connectivity index (χ3v) is 5.84. The Kier molecular flexibility index (Phi) is 4.53. The van der Waals surface area contributed by atoms with Gasteiger partial charge in [-0.15, -0.1) is 0 Å². The molecule has 0 aliphatic heterocycles. The van der Waals surface area contributed by atoms with Crippen molar-refractivity contribution in [2.24, 2.45) is 0 Å². The number of aliphatic hydroxyl groups is 1. The summed E-state index contributed by atoms with van der Waals surface area (Å²) in [5.41, 5.74) is 6.52. The van der Waals surface area contributed by atoms with Crippen LogP contribution in [0.15, 0.2) is 42.5 Å². The lowest BCUT2D eigenvalue weighted by molar-refractivity contribution is 0.332. The molecule has 0 amide bonds. The standard InChI is InChI=1S/C24H30O/c1-6-17-7-10-19(11-8-17)22(25)16-18-9-12-20-21(15-18)24(4,5)14-13-23(20,2)3/h7-12,15-16,25H,6,13-14H2,1-5H3/b22-16-. The molecule has 132 valence electrons. The Morgan fingerprint density at radius 1 is 0.920 bits per heavy atom. The second-order valence-corrected chi connectivity index (χ2v) is 8.65. The lowest BCUT2D eigenvalue weighted by atomic mass is 9.63. The van der Waals surface area contributed by atoms with Gasteiger partial charge in [-0.05, 0) is 58.4 Å². The van der Waals surface area contributed by atoms with Crippen molar-refractivity contribution in [1.29, 1.82) is 0 Å². The van der Waals surface area contributed by atoms with Crippen LogP contribution >= 0.6 is 0 Å². The van der Waals surface area contributed by atoms with E-state index >= 15 is 0 Å². The van der Waals surface area contributed by atoms with Gasteiger partial charge in [-0.25, -0.2) is 0 Å². The first-order chi connectivity index (χ1) is 11.7. The molecule has 3 rings (SSSR count). The number of hydrogen-bond donors (Lipinski definition) is 1. The zero-order valence-electron chi connectivity index (χ0n) is 16.2. The second-order valence-electron chi connectivity index (χ2n) is 8.65. The van der Waals surface area contributed by atoms with E-state index in [1.807, 2.05) is 18.2 Å². The van der Waals surface area contributed by atoms with Crippen molar-refractivity contribution in [3.63, 3.8) is 0 Å². The Bertz CT molecular complexity index is 791. The summed E-state index contributed by atoms with van der Waals surface area (Å²) < 4.78 is 0. The van der Waals surface area contributed by atoms with Gasteiger partial charge in [0.15, 0.2) is 0 Å². The Balaban J connectivity index is 1.98. The molecule has 0 bridgehead atoms. The van der Waals surface area contributed by atoms with Gasteiger partial charge in [0.05, 0.1) is 0 Å². The highest BCUT2D eigenvalue weighted by atomic mass is 16.3. The number of aryl methyl sites for hydroxylation is 1. The molecule has 1 aliphatic rings. The average Bonchev–Trinajstić information content (AvgIpc) is 2.59. The maximum atomic E-state index is 10.5. The van der Waals surface area contributed by atoms with Gasteiger partial charge < -0.3 is 5.11 Å². The highest BCUT2D eigenvalue weighted by molar-refractivity contribution is 5.77. The van der Waals surface area contributed by atoms with E-state index in [4.69, 9.17) is 0 Å². The van der Waals surface area contributed by atoms with Crippen molar-refractivity contribution >= 4 is 11.8 Å². The molecule has 1 aliphatic carbocycles. The summed E-state index contributed by atoms with van der Waals surface area (Å²) in [4.78, 5) is 0. The predicted molar refractivity (Wildman–Crippen MR) is 108 cm³/mol. The molecular weight excluding hydrogens is 304 g/mol. The highest BCUT2D eigenvalue weighted by Crippen LogP contribution is 2.46. The number of aliphatic hydroxyl groups excluding tert-OH is 1. The minimum Gasteiger partial charge on any atom is -0.507 e. The Hall–Kier alpha value is -2.02. The number of hydrogen-bond acceptors (Lipinski definition) is 1. The molecule has 0 saturated carbocycles. The van der Waals surface area contributed by atoms with E-state index in [9.17, 15) is 5.11 Å². The van der Waals surface area contributed by atoms with Gasteiger partial charge in [-0.1, -0.05) is 77.1 Å². The fourth-order valence-corrected chi connectivity index (χ4v) is 3.85. The smallest absolute Gasteiger partial charge is 0.123 e. The van der Waals surface area contributed by atoms with Crippen LogP contribution in [0.4, 0.5) is 0 Å². The van der Waals surface area contributed by atoms with Gasteiger partial charge >= 0.3 is 0 Å². The minimum atomic E-state index is 0.188. The molecule has 0 atom stereocenters. The van der Waals surface area contributed by atoms with Crippen LogP contribution in [0.25, 0.3) is 11.8 Å². The molecule has 0 fully saturated rings. The summed E-state index contributed by atoms with van der Waals surface area (Å²) in [6, 6.07) is 14.8. The largest absolute Gasteiger partial charge is 0.507 e. The van der Waals surface area contributed by atoms with Crippen molar-refractivity contribution in [3.8, 4) is 0 Å². The summed E-state index contributed by atoms with van der Waals surface area (Å²) in [5.74, 6) is 0.329. The molecule has 0 saturated heterocycles. The van der Waals surface area contributed by atoms with Crippen molar-refractivity contribution in [2.75, 3.05) is 0 Å².